The van der Waals surface area contributed by atoms with Crippen molar-refractivity contribution in [3.05, 3.63) is 89.0 Å². The number of phenols is 1. The number of amides is 1. The Labute approximate surface area is 209 Å². The molecule has 1 heterocycles. The van der Waals surface area contributed by atoms with Gasteiger partial charge in [-0.3, -0.25) is 9.59 Å². The maximum absolute atomic E-state index is 13.2. The van der Waals surface area contributed by atoms with Gasteiger partial charge in [0.25, 0.3) is 11.7 Å². The number of carbonyl (C=O) groups is 2. The van der Waals surface area contributed by atoms with Gasteiger partial charge in [0.05, 0.1) is 32.9 Å². The first kappa shape index (κ1) is 24.7. The predicted molar refractivity (Wildman–Crippen MR) is 133 cm³/mol. The number of ether oxygens (including phenoxy) is 3. The number of ketones is 1. The van der Waals surface area contributed by atoms with Crippen molar-refractivity contribution in [2.24, 2.45) is 0 Å². The van der Waals surface area contributed by atoms with Crippen molar-refractivity contribution in [3.63, 3.8) is 0 Å². The highest BCUT2D eigenvalue weighted by atomic mass is 16.5. The highest BCUT2D eigenvalue weighted by Crippen LogP contribution is 2.42. The molecular formula is C28H27NO7. The van der Waals surface area contributed by atoms with E-state index in [1.807, 2.05) is 12.1 Å². The van der Waals surface area contributed by atoms with Gasteiger partial charge in [0.1, 0.15) is 5.76 Å². The normalized spacial score (nSPS) is 16.8. The number of hydrogen-bond acceptors (Lipinski definition) is 7. The lowest BCUT2D eigenvalue weighted by Crippen LogP contribution is -2.31. The lowest BCUT2D eigenvalue weighted by atomic mass is 9.95. The highest BCUT2D eigenvalue weighted by Gasteiger charge is 2.46. The molecule has 3 aromatic rings. The SMILES string of the molecule is COc1cc([C@H]2C(=C(O)c3ccccc3)C(=O)C(=O)N2CCc2ccc(OC)c(OC)c2)ccc1O. The van der Waals surface area contributed by atoms with Crippen molar-refractivity contribution < 1.29 is 34.0 Å². The van der Waals surface area contributed by atoms with E-state index in [9.17, 15) is 19.8 Å². The van der Waals surface area contributed by atoms with E-state index in [1.165, 1.54) is 18.1 Å². The Morgan fingerprint density at radius 3 is 2.22 bits per heavy atom. The minimum absolute atomic E-state index is 0.0220. The van der Waals surface area contributed by atoms with Gasteiger partial charge in [-0.05, 0) is 41.8 Å². The number of methoxy groups -OCH3 is 3. The fraction of sp³-hybridized carbons (Fsp3) is 0.214. The number of likely N-dealkylation sites (tertiary alicyclic amines) is 1. The van der Waals surface area contributed by atoms with Crippen LogP contribution < -0.4 is 14.2 Å². The van der Waals surface area contributed by atoms with E-state index < -0.39 is 17.7 Å². The predicted octanol–water partition coefficient (Wildman–Crippen LogP) is 4.08. The molecular weight excluding hydrogens is 462 g/mol. The number of Topliss-reactive ketones (excluding diaryl/α,β-unsaturated/α-hetero) is 1. The molecule has 0 aliphatic carbocycles. The number of aliphatic hydroxyl groups excluding tert-OH is 1. The molecule has 4 rings (SSSR count). The van der Waals surface area contributed by atoms with Crippen LogP contribution in [0.15, 0.2) is 72.3 Å². The molecule has 2 N–H and O–H groups in total. The summed E-state index contributed by atoms with van der Waals surface area (Å²) < 4.78 is 15.9. The van der Waals surface area contributed by atoms with Crippen molar-refractivity contribution in [1.82, 2.24) is 4.90 Å². The molecule has 8 heteroatoms. The van der Waals surface area contributed by atoms with Gasteiger partial charge in [0.15, 0.2) is 23.0 Å². The van der Waals surface area contributed by atoms with E-state index in [0.29, 0.717) is 29.0 Å². The topological polar surface area (TPSA) is 106 Å². The molecule has 186 valence electrons. The Hall–Kier alpha value is -4.46. The molecule has 1 atom stereocenters. The van der Waals surface area contributed by atoms with Crippen molar-refractivity contribution in [1.29, 1.82) is 0 Å². The molecule has 0 aromatic heterocycles. The average molecular weight is 490 g/mol. The molecule has 1 amide bonds. The summed E-state index contributed by atoms with van der Waals surface area (Å²) in [5.41, 5.74) is 1.80. The Bertz CT molecular complexity index is 1320. The molecule has 0 spiro atoms. The molecule has 1 saturated heterocycles. The summed E-state index contributed by atoms with van der Waals surface area (Å²) in [6, 6.07) is 17.8. The Morgan fingerprint density at radius 2 is 1.56 bits per heavy atom. The van der Waals surface area contributed by atoms with Gasteiger partial charge >= 0.3 is 0 Å². The first-order chi connectivity index (χ1) is 17.4. The summed E-state index contributed by atoms with van der Waals surface area (Å²) in [6.07, 6.45) is 0.421. The number of hydrogen-bond donors (Lipinski definition) is 2. The van der Waals surface area contributed by atoms with Gasteiger partial charge in [-0.15, -0.1) is 0 Å². The number of nitrogens with zero attached hydrogens (tertiary/aromatic N) is 1. The molecule has 0 unspecified atom stereocenters. The Balaban J connectivity index is 1.77. The van der Waals surface area contributed by atoms with E-state index in [0.717, 1.165) is 5.56 Å². The molecule has 8 nitrogen and oxygen atoms in total. The quantitative estimate of drug-likeness (QED) is 0.279. The van der Waals surface area contributed by atoms with Crippen LogP contribution >= 0.6 is 0 Å². The molecule has 0 saturated carbocycles. The van der Waals surface area contributed by atoms with Crippen molar-refractivity contribution >= 4 is 17.4 Å². The van der Waals surface area contributed by atoms with Crippen molar-refractivity contribution in [2.45, 2.75) is 12.5 Å². The molecule has 1 aliphatic rings. The van der Waals surface area contributed by atoms with Crippen molar-refractivity contribution in [2.75, 3.05) is 27.9 Å². The van der Waals surface area contributed by atoms with Crippen LogP contribution in [0.25, 0.3) is 5.76 Å². The first-order valence-electron chi connectivity index (χ1n) is 11.3. The lowest BCUT2D eigenvalue weighted by Gasteiger charge is -2.26. The molecule has 3 aromatic carbocycles. The average Bonchev–Trinajstić information content (AvgIpc) is 3.16. The zero-order valence-corrected chi connectivity index (χ0v) is 20.2. The summed E-state index contributed by atoms with van der Waals surface area (Å²) in [6.45, 7) is 0.194. The maximum atomic E-state index is 13.2. The van der Waals surface area contributed by atoms with Gasteiger partial charge < -0.3 is 29.3 Å². The van der Waals surface area contributed by atoms with E-state index in [-0.39, 0.29) is 29.4 Å². The second-order valence-corrected chi connectivity index (χ2v) is 8.23. The van der Waals surface area contributed by atoms with E-state index in [1.54, 1.807) is 62.8 Å². The summed E-state index contributed by atoms with van der Waals surface area (Å²) in [5.74, 6) is -0.503. The third kappa shape index (κ3) is 4.57. The van der Waals surface area contributed by atoms with Crippen LogP contribution in [0.3, 0.4) is 0 Å². The van der Waals surface area contributed by atoms with Gasteiger partial charge in [-0.1, -0.05) is 42.5 Å². The summed E-state index contributed by atoms with van der Waals surface area (Å²) >= 11 is 0. The number of benzene rings is 3. The zero-order valence-electron chi connectivity index (χ0n) is 20.2. The lowest BCUT2D eigenvalue weighted by molar-refractivity contribution is -0.139. The maximum Gasteiger partial charge on any atom is 0.295 e. The highest BCUT2D eigenvalue weighted by molar-refractivity contribution is 6.46. The van der Waals surface area contributed by atoms with E-state index in [2.05, 4.69) is 0 Å². The van der Waals surface area contributed by atoms with Crippen LogP contribution in [0.5, 0.6) is 23.0 Å². The molecule has 0 bridgehead atoms. The van der Waals surface area contributed by atoms with Crippen molar-refractivity contribution in [3.8, 4) is 23.0 Å². The number of aromatic hydroxyl groups is 1. The van der Waals surface area contributed by atoms with E-state index >= 15 is 0 Å². The minimum Gasteiger partial charge on any atom is -0.507 e. The Kier molecular flexibility index (Phi) is 7.15. The standard InChI is InChI=1S/C28H27NO7/c1-34-21-12-9-17(15-23(21)36-3)13-14-29-25(19-10-11-20(30)22(16-19)35-2)24(27(32)28(29)33)26(31)18-7-5-4-6-8-18/h4-12,15-16,25,30-31H,13-14H2,1-3H3/t25-/m0/s1. The summed E-state index contributed by atoms with van der Waals surface area (Å²) in [5, 5.41) is 21.2. The largest absolute Gasteiger partial charge is 0.507 e. The number of aliphatic hydroxyl groups is 1. The van der Waals surface area contributed by atoms with Gasteiger partial charge in [0.2, 0.25) is 0 Å². The second-order valence-electron chi connectivity index (χ2n) is 8.23. The molecule has 1 aliphatic heterocycles. The summed E-state index contributed by atoms with van der Waals surface area (Å²) in [7, 11) is 4.51. The van der Waals surface area contributed by atoms with Crippen LogP contribution in [0.2, 0.25) is 0 Å². The monoisotopic (exact) mass is 489 g/mol. The minimum atomic E-state index is -0.875. The zero-order chi connectivity index (χ0) is 25.8. The third-order valence-corrected chi connectivity index (χ3v) is 6.20. The van der Waals surface area contributed by atoms with Crippen LogP contribution in [-0.2, 0) is 16.0 Å². The van der Waals surface area contributed by atoms with Crippen LogP contribution in [-0.4, -0.2) is 54.7 Å². The third-order valence-electron chi connectivity index (χ3n) is 6.20. The fourth-order valence-corrected chi connectivity index (χ4v) is 4.36. The molecule has 36 heavy (non-hydrogen) atoms. The van der Waals surface area contributed by atoms with Gasteiger partial charge in [0, 0.05) is 12.1 Å². The number of phenolic OH excluding ortho intramolecular Hbond substituents is 1. The fourth-order valence-electron chi connectivity index (χ4n) is 4.36. The smallest absolute Gasteiger partial charge is 0.295 e. The summed E-state index contributed by atoms with van der Waals surface area (Å²) in [4.78, 5) is 27.8. The van der Waals surface area contributed by atoms with Crippen LogP contribution in [0.4, 0.5) is 0 Å². The van der Waals surface area contributed by atoms with E-state index in [4.69, 9.17) is 14.2 Å². The molecule has 0 radical (unpaired) electrons. The van der Waals surface area contributed by atoms with Crippen LogP contribution in [0, 0.1) is 0 Å². The molecule has 1 fully saturated rings. The first-order valence-corrected chi connectivity index (χ1v) is 11.3. The number of carbonyl (C=O) groups excluding carboxylic acids is 2. The second kappa shape index (κ2) is 10.4. The van der Waals surface area contributed by atoms with Crippen LogP contribution in [0.1, 0.15) is 22.7 Å². The van der Waals surface area contributed by atoms with Gasteiger partial charge in [-0.2, -0.15) is 0 Å². The number of rotatable bonds is 8. The van der Waals surface area contributed by atoms with Gasteiger partial charge in [-0.25, -0.2) is 0 Å². The Morgan fingerprint density at radius 1 is 0.861 bits per heavy atom.